The highest BCUT2D eigenvalue weighted by atomic mass is 35.5. The van der Waals surface area contributed by atoms with Crippen molar-refractivity contribution in [3.8, 4) is 11.5 Å². The van der Waals surface area contributed by atoms with Crippen molar-refractivity contribution in [1.29, 1.82) is 0 Å². The molecule has 1 aliphatic heterocycles. The number of rotatable bonds is 7. The summed E-state index contributed by atoms with van der Waals surface area (Å²) in [5.41, 5.74) is 1.71. The Hall–Kier alpha value is -2.40. The molecule has 0 saturated carbocycles. The van der Waals surface area contributed by atoms with Crippen LogP contribution in [-0.4, -0.2) is 32.2 Å². The van der Waals surface area contributed by atoms with Crippen molar-refractivity contribution < 1.29 is 14.3 Å². The molecule has 0 spiro atoms. The number of carbonyl (C=O) groups excluding carboxylic acids is 1. The van der Waals surface area contributed by atoms with E-state index in [2.05, 4.69) is 10.2 Å². The Labute approximate surface area is 158 Å². The number of amides is 1. The Bertz CT molecular complexity index is 760. The van der Waals surface area contributed by atoms with Crippen molar-refractivity contribution in [2.24, 2.45) is 0 Å². The van der Waals surface area contributed by atoms with Crippen LogP contribution >= 0.6 is 11.6 Å². The van der Waals surface area contributed by atoms with Crippen molar-refractivity contribution in [3.63, 3.8) is 0 Å². The van der Waals surface area contributed by atoms with Crippen LogP contribution in [0.4, 0.5) is 11.4 Å². The van der Waals surface area contributed by atoms with Gasteiger partial charge < -0.3 is 19.7 Å². The first-order valence-corrected chi connectivity index (χ1v) is 9.24. The summed E-state index contributed by atoms with van der Waals surface area (Å²) in [7, 11) is 0. The van der Waals surface area contributed by atoms with Gasteiger partial charge in [-0.2, -0.15) is 0 Å². The number of nitrogens with zero attached hydrogens (tertiary/aromatic N) is 1. The van der Waals surface area contributed by atoms with Gasteiger partial charge >= 0.3 is 0 Å². The van der Waals surface area contributed by atoms with Gasteiger partial charge in [0.1, 0.15) is 0 Å². The van der Waals surface area contributed by atoms with E-state index >= 15 is 0 Å². The zero-order chi connectivity index (χ0) is 18.4. The molecule has 3 rings (SSSR count). The molecule has 1 heterocycles. The molecule has 1 aliphatic rings. The maximum atomic E-state index is 12.4. The highest BCUT2D eigenvalue weighted by Gasteiger charge is 2.17. The lowest BCUT2D eigenvalue weighted by molar-refractivity contribution is -0.118. The van der Waals surface area contributed by atoms with E-state index in [1.807, 2.05) is 37.3 Å². The zero-order valence-electron chi connectivity index (χ0n) is 14.8. The molecule has 0 bridgehead atoms. The van der Waals surface area contributed by atoms with E-state index < -0.39 is 0 Å². The molecule has 1 fully saturated rings. The first kappa shape index (κ1) is 18.4. The second-order valence-electron chi connectivity index (χ2n) is 6.07. The highest BCUT2D eigenvalue weighted by molar-refractivity contribution is 6.31. The predicted octanol–water partition coefficient (Wildman–Crippen LogP) is 4.36. The Kier molecular flexibility index (Phi) is 6.23. The Morgan fingerprint density at radius 3 is 2.50 bits per heavy atom. The average molecular weight is 375 g/mol. The predicted molar refractivity (Wildman–Crippen MR) is 105 cm³/mol. The maximum absolute atomic E-state index is 12.4. The van der Waals surface area contributed by atoms with E-state index in [9.17, 15) is 4.79 Å². The number of hydrogen-bond donors (Lipinski definition) is 1. The summed E-state index contributed by atoms with van der Waals surface area (Å²) in [6.45, 7) is 4.32. The number of benzene rings is 2. The van der Waals surface area contributed by atoms with Gasteiger partial charge in [0.25, 0.3) is 5.91 Å². The number of carbonyl (C=O) groups is 1. The van der Waals surface area contributed by atoms with Gasteiger partial charge in [-0.25, -0.2) is 0 Å². The second-order valence-corrected chi connectivity index (χ2v) is 6.51. The fraction of sp³-hybridized carbons (Fsp3) is 0.350. The quantitative estimate of drug-likeness (QED) is 0.782. The largest absolute Gasteiger partial charge is 0.490 e. The molecule has 1 saturated heterocycles. The van der Waals surface area contributed by atoms with E-state index in [1.54, 1.807) is 12.1 Å². The molecule has 6 heteroatoms. The summed E-state index contributed by atoms with van der Waals surface area (Å²) in [6.07, 6.45) is 2.32. The summed E-state index contributed by atoms with van der Waals surface area (Å²) < 4.78 is 11.1. The van der Waals surface area contributed by atoms with Crippen LogP contribution in [0.1, 0.15) is 19.8 Å². The minimum absolute atomic E-state index is 0.101. The summed E-state index contributed by atoms with van der Waals surface area (Å²) in [6, 6.07) is 12.9. The van der Waals surface area contributed by atoms with Crippen LogP contribution in [0.2, 0.25) is 5.02 Å². The molecule has 5 nitrogen and oxygen atoms in total. The minimum atomic E-state index is -0.237. The topological polar surface area (TPSA) is 50.8 Å². The van der Waals surface area contributed by atoms with E-state index in [0.717, 1.165) is 31.6 Å². The van der Waals surface area contributed by atoms with Gasteiger partial charge in [0.05, 0.1) is 18.0 Å². The number of nitrogens with one attached hydrogen (secondary N) is 1. The van der Waals surface area contributed by atoms with Crippen molar-refractivity contribution >= 4 is 28.9 Å². The first-order chi connectivity index (χ1) is 12.7. The van der Waals surface area contributed by atoms with Gasteiger partial charge in [0.15, 0.2) is 18.1 Å². The van der Waals surface area contributed by atoms with Crippen molar-refractivity contribution in [2.75, 3.05) is 36.5 Å². The monoisotopic (exact) mass is 374 g/mol. The number of hydrogen-bond acceptors (Lipinski definition) is 4. The third-order valence-electron chi connectivity index (χ3n) is 4.19. The smallest absolute Gasteiger partial charge is 0.262 e. The van der Waals surface area contributed by atoms with E-state index in [1.165, 1.54) is 0 Å². The fourth-order valence-corrected chi connectivity index (χ4v) is 3.19. The molecule has 138 valence electrons. The first-order valence-electron chi connectivity index (χ1n) is 8.86. The average Bonchev–Trinajstić information content (AvgIpc) is 3.16. The lowest BCUT2D eigenvalue weighted by Gasteiger charge is -2.22. The van der Waals surface area contributed by atoms with Gasteiger partial charge in [-0.3, -0.25) is 4.79 Å². The SMILES string of the molecule is CCOc1ccccc1OCC(=O)Nc1cc(Cl)ccc1N1CCCC1. The summed E-state index contributed by atoms with van der Waals surface area (Å²) in [4.78, 5) is 14.7. The molecule has 2 aromatic carbocycles. The van der Waals surface area contributed by atoms with Crippen molar-refractivity contribution in [3.05, 3.63) is 47.5 Å². The van der Waals surface area contributed by atoms with Gasteiger partial charge in [-0.15, -0.1) is 0 Å². The van der Waals surface area contributed by atoms with Gasteiger partial charge in [0.2, 0.25) is 0 Å². The van der Waals surface area contributed by atoms with Crippen LogP contribution < -0.4 is 19.7 Å². The van der Waals surface area contributed by atoms with Gasteiger partial charge in [0, 0.05) is 18.1 Å². The molecule has 26 heavy (non-hydrogen) atoms. The number of anilines is 2. The Morgan fingerprint density at radius 1 is 1.12 bits per heavy atom. The normalized spacial score (nSPS) is 13.5. The Balaban J connectivity index is 1.66. The molecule has 0 atom stereocenters. The lowest BCUT2D eigenvalue weighted by Crippen LogP contribution is -2.24. The third kappa shape index (κ3) is 4.61. The molecular weight excluding hydrogens is 352 g/mol. The molecule has 1 N–H and O–H groups in total. The number of halogens is 1. The lowest BCUT2D eigenvalue weighted by atomic mass is 10.2. The Morgan fingerprint density at radius 2 is 1.81 bits per heavy atom. The van der Waals surface area contributed by atoms with Crippen LogP contribution in [-0.2, 0) is 4.79 Å². The molecule has 1 amide bonds. The molecule has 0 aromatic heterocycles. The van der Waals surface area contributed by atoms with Crippen LogP contribution in [0.15, 0.2) is 42.5 Å². The van der Waals surface area contributed by atoms with E-state index in [4.69, 9.17) is 21.1 Å². The zero-order valence-corrected chi connectivity index (χ0v) is 15.6. The third-order valence-corrected chi connectivity index (χ3v) is 4.42. The van der Waals surface area contributed by atoms with Crippen LogP contribution in [0.25, 0.3) is 0 Å². The van der Waals surface area contributed by atoms with Crippen molar-refractivity contribution in [2.45, 2.75) is 19.8 Å². The number of para-hydroxylation sites is 2. The minimum Gasteiger partial charge on any atom is -0.490 e. The summed E-state index contributed by atoms with van der Waals surface area (Å²) in [5, 5.41) is 3.51. The van der Waals surface area contributed by atoms with Crippen molar-refractivity contribution in [1.82, 2.24) is 0 Å². The van der Waals surface area contributed by atoms with E-state index in [-0.39, 0.29) is 12.5 Å². The van der Waals surface area contributed by atoms with E-state index in [0.29, 0.717) is 28.8 Å². The van der Waals surface area contributed by atoms with Gasteiger partial charge in [-0.05, 0) is 50.1 Å². The van der Waals surface area contributed by atoms with Crippen LogP contribution in [0, 0.1) is 0 Å². The standard InChI is InChI=1S/C20H23ClN2O3/c1-2-25-18-7-3-4-8-19(18)26-14-20(24)22-16-13-15(21)9-10-17(16)23-11-5-6-12-23/h3-4,7-10,13H,2,5-6,11-12,14H2,1H3,(H,22,24). The van der Waals surface area contributed by atoms with Gasteiger partial charge in [-0.1, -0.05) is 23.7 Å². The highest BCUT2D eigenvalue weighted by Crippen LogP contribution is 2.32. The maximum Gasteiger partial charge on any atom is 0.262 e. The van der Waals surface area contributed by atoms with Crippen LogP contribution in [0.5, 0.6) is 11.5 Å². The molecule has 2 aromatic rings. The van der Waals surface area contributed by atoms with Crippen LogP contribution in [0.3, 0.4) is 0 Å². The molecule has 0 radical (unpaired) electrons. The summed E-state index contributed by atoms with van der Waals surface area (Å²) >= 11 is 6.12. The second kappa shape index (κ2) is 8.81. The number of ether oxygens (including phenoxy) is 2. The molecule has 0 aliphatic carbocycles. The molecular formula is C20H23ClN2O3. The fourth-order valence-electron chi connectivity index (χ4n) is 3.02. The summed E-state index contributed by atoms with van der Waals surface area (Å²) in [5.74, 6) is 0.942. The molecule has 0 unspecified atom stereocenters.